The summed E-state index contributed by atoms with van der Waals surface area (Å²) in [7, 11) is 0. The molecule has 4 rings (SSSR count). The number of nitrogens with zero attached hydrogens (tertiary/aromatic N) is 1. The minimum Gasteiger partial charge on any atom is -0.481 e. The van der Waals surface area contributed by atoms with Gasteiger partial charge >= 0.3 is 0 Å². The molecule has 33 heavy (non-hydrogen) atoms. The fraction of sp³-hybridized carbons (Fsp3) is 0.143. The lowest BCUT2D eigenvalue weighted by atomic mass is 9.97. The van der Waals surface area contributed by atoms with Gasteiger partial charge in [-0.1, -0.05) is 77.9 Å². The Balaban J connectivity index is 1.73. The summed E-state index contributed by atoms with van der Waals surface area (Å²) in [6, 6.07) is 27.0. The van der Waals surface area contributed by atoms with Crippen LogP contribution in [0.25, 0.3) is 22.5 Å². The number of nitrogens with one attached hydrogen (secondary N) is 1. The number of para-hydroxylation sites is 1. The van der Waals surface area contributed by atoms with Gasteiger partial charge in [-0.15, -0.1) is 0 Å². The van der Waals surface area contributed by atoms with Gasteiger partial charge in [-0.05, 0) is 38.5 Å². The number of rotatable bonds is 6. The fourth-order valence-corrected chi connectivity index (χ4v) is 3.50. The number of aryl methyl sites for hydroxylation is 2. The molecule has 5 nitrogen and oxygen atoms in total. The van der Waals surface area contributed by atoms with Crippen molar-refractivity contribution in [2.75, 3.05) is 5.32 Å². The topological polar surface area (TPSA) is 75.3 Å². The van der Waals surface area contributed by atoms with Crippen molar-refractivity contribution < 1.29 is 13.9 Å². The van der Waals surface area contributed by atoms with Crippen LogP contribution in [0.15, 0.2) is 83.3 Å². The maximum Gasteiger partial charge on any atom is 0.267 e. The Kier molecular flexibility index (Phi) is 6.28. The van der Waals surface area contributed by atoms with Gasteiger partial charge in [0.1, 0.15) is 23.1 Å². The second-order valence-corrected chi connectivity index (χ2v) is 7.92. The summed E-state index contributed by atoms with van der Waals surface area (Å²) < 4.78 is 11.8. The second-order valence-electron chi connectivity index (χ2n) is 7.92. The highest BCUT2D eigenvalue weighted by Gasteiger charge is 2.26. The van der Waals surface area contributed by atoms with E-state index >= 15 is 0 Å². The molecule has 0 saturated heterocycles. The molecule has 0 bridgehead atoms. The largest absolute Gasteiger partial charge is 0.481 e. The summed E-state index contributed by atoms with van der Waals surface area (Å²) in [5.41, 5.74) is 4.80. The highest BCUT2D eigenvalue weighted by Crippen LogP contribution is 2.41. The third-order valence-electron chi connectivity index (χ3n) is 5.34. The smallest absolute Gasteiger partial charge is 0.267 e. The van der Waals surface area contributed by atoms with Crippen molar-refractivity contribution >= 4 is 11.8 Å². The highest BCUT2D eigenvalue weighted by atomic mass is 16.5. The number of benzene rings is 3. The Labute approximate surface area is 193 Å². The van der Waals surface area contributed by atoms with Crippen molar-refractivity contribution in [3.8, 4) is 34.3 Å². The molecule has 0 aliphatic rings. The monoisotopic (exact) mass is 436 g/mol. The maximum atomic E-state index is 12.9. The predicted molar refractivity (Wildman–Crippen MR) is 129 cm³/mol. The second kappa shape index (κ2) is 9.46. The molecule has 0 spiro atoms. The Hall–Kier alpha value is -4.30. The fourth-order valence-electron chi connectivity index (χ4n) is 3.50. The zero-order valence-electron chi connectivity index (χ0n) is 18.8. The number of ether oxygens (including phenoxy) is 1. The molecule has 1 atom stereocenters. The third-order valence-corrected chi connectivity index (χ3v) is 5.34. The van der Waals surface area contributed by atoms with Crippen LogP contribution in [0, 0.1) is 25.2 Å². The van der Waals surface area contributed by atoms with E-state index in [4.69, 9.17) is 9.15 Å². The number of hydrogen-bond donors (Lipinski definition) is 1. The number of hydrogen-bond acceptors (Lipinski definition) is 4. The molecule has 5 heteroatoms. The molecule has 1 aromatic heterocycles. The van der Waals surface area contributed by atoms with Gasteiger partial charge in [0.05, 0.1) is 0 Å². The summed E-state index contributed by atoms with van der Waals surface area (Å²) in [6.07, 6.45) is -0.783. The molecule has 0 aliphatic carbocycles. The van der Waals surface area contributed by atoms with Crippen LogP contribution in [0.2, 0.25) is 0 Å². The molecule has 4 aromatic rings. The summed E-state index contributed by atoms with van der Waals surface area (Å²) in [5.74, 6) is 0.815. The first-order chi connectivity index (χ1) is 16.0. The van der Waals surface area contributed by atoms with Crippen molar-refractivity contribution in [1.82, 2.24) is 0 Å². The minimum absolute atomic E-state index is 0.108. The van der Waals surface area contributed by atoms with Gasteiger partial charge in [-0.3, -0.25) is 10.1 Å². The van der Waals surface area contributed by atoms with Crippen LogP contribution in [0.3, 0.4) is 0 Å². The average Bonchev–Trinajstić information content (AvgIpc) is 3.18. The van der Waals surface area contributed by atoms with E-state index in [2.05, 4.69) is 11.4 Å². The van der Waals surface area contributed by atoms with E-state index in [0.717, 1.165) is 22.3 Å². The summed E-state index contributed by atoms with van der Waals surface area (Å²) in [6.45, 7) is 5.66. The van der Waals surface area contributed by atoms with Crippen molar-refractivity contribution in [3.63, 3.8) is 0 Å². The molecular weight excluding hydrogens is 412 g/mol. The van der Waals surface area contributed by atoms with Crippen LogP contribution in [-0.4, -0.2) is 12.0 Å². The maximum absolute atomic E-state index is 12.9. The van der Waals surface area contributed by atoms with Gasteiger partial charge in [-0.25, -0.2) is 0 Å². The van der Waals surface area contributed by atoms with Gasteiger partial charge in [0, 0.05) is 11.1 Å². The molecule has 1 heterocycles. The van der Waals surface area contributed by atoms with Crippen LogP contribution in [0.1, 0.15) is 23.6 Å². The lowest BCUT2D eigenvalue weighted by Crippen LogP contribution is -2.30. The molecule has 3 aromatic carbocycles. The van der Waals surface area contributed by atoms with Gasteiger partial charge in [0.25, 0.3) is 5.91 Å². The van der Waals surface area contributed by atoms with Gasteiger partial charge in [0.15, 0.2) is 6.10 Å². The number of carbonyl (C=O) groups is 1. The van der Waals surface area contributed by atoms with Gasteiger partial charge in [-0.2, -0.15) is 5.26 Å². The van der Waals surface area contributed by atoms with Crippen LogP contribution >= 0.6 is 0 Å². The number of nitriles is 1. The number of carbonyl (C=O) groups excluding carboxylic acids is 1. The number of furan rings is 1. The van der Waals surface area contributed by atoms with E-state index in [0.29, 0.717) is 17.1 Å². The number of anilines is 1. The molecule has 0 radical (unpaired) electrons. The quantitative estimate of drug-likeness (QED) is 0.374. The van der Waals surface area contributed by atoms with Crippen molar-refractivity contribution in [2.24, 2.45) is 0 Å². The molecule has 1 N–H and O–H groups in total. The third kappa shape index (κ3) is 4.81. The van der Waals surface area contributed by atoms with E-state index in [1.54, 1.807) is 19.1 Å². The van der Waals surface area contributed by atoms with Gasteiger partial charge in [0.2, 0.25) is 5.88 Å². The molecule has 1 unspecified atom stereocenters. The van der Waals surface area contributed by atoms with Gasteiger partial charge < -0.3 is 9.15 Å². The Morgan fingerprint density at radius 3 is 2.06 bits per heavy atom. The predicted octanol–water partition coefficient (Wildman–Crippen LogP) is 6.51. The lowest BCUT2D eigenvalue weighted by molar-refractivity contribution is -0.122. The van der Waals surface area contributed by atoms with Crippen LogP contribution < -0.4 is 10.1 Å². The van der Waals surface area contributed by atoms with E-state index in [9.17, 15) is 10.1 Å². The van der Waals surface area contributed by atoms with Crippen LogP contribution in [-0.2, 0) is 4.79 Å². The van der Waals surface area contributed by atoms with E-state index in [-0.39, 0.29) is 11.4 Å². The lowest BCUT2D eigenvalue weighted by Gasteiger charge is -2.13. The van der Waals surface area contributed by atoms with Crippen LogP contribution in [0.5, 0.6) is 5.75 Å². The first-order valence-electron chi connectivity index (χ1n) is 10.7. The molecule has 0 saturated carbocycles. The Bertz CT molecular complexity index is 1300. The zero-order chi connectivity index (χ0) is 23.4. The van der Waals surface area contributed by atoms with E-state index in [1.807, 2.05) is 80.6 Å². The summed E-state index contributed by atoms with van der Waals surface area (Å²) in [4.78, 5) is 12.9. The van der Waals surface area contributed by atoms with E-state index < -0.39 is 12.0 Å². The Morgan fingerprint density at radius 1 is 0.909 bits per heavy atom. The SMILES string of the molecule is Cc1ccc(-c2oc(NC(=O)C(C)Oc3ccccc3)c(C#N)c2-c2ccc(C)cc2)cc1. The Morgan fingerprint density at radius 2 is 1.48 bits per heavy atom. The first-order valence-corrected chi connectivity index (χ1v) is 10.7. The molecule has 0 aliphatic heterocycles. The standard InChI is InChI=1S/C28H24N2O3/c1-18-9-13-21(14-10-18)25-24(17-29)28(33-26(25)22-15-11-19(2)12-16-22)30-27(31)20(3)32-23-7-5-4-6-8-23/h4-16,20H,1-3H3,(H,30,31). The molecule has 164 valence electrons. The summed E-state index contributed by atoms with van der Waals surface area (Å²) in [5, 5.41) is 12.8. The first kappa shape index (κ1) is 21.9. The average molecular weight is 437 g/mol. The van der Waals surface area contributed by atoms with Crippen LogP contribution in [0.4, 0.5) is 5.88 Å². The molecule has 0 fully saturated rings. The molecule has 1 amide bonds. The highest BCUT2D eigenvalue weighted by molar-refractivity contribution is 5.97. The minimum atomic E-state index is -0.783. The molecular formula is C28H24N2O3. The zero-order valence-corrected chi connectivity index (χ0v) is 18.8. The summed E-state index contributed by atoms with van der Waals surface area (Å²) >= 11 is 0. The number of amides is 1. The van der Waals surface area contributed by atoms with Crippen molar-refractivity contribution in [2.45, 2.75) is 26.9 Å². The van der Waals surface area contributed by atoms with Crippen molar-refractivity contribution in [1.29, 1.82) is 5.26 Å². The van der Waals surface area contributed by atoms with Crippen molar-refractivity contribution in [3.05, 3.63) is 95.6 Å². The normalized spacial score (nSPS) is 11.5. The van der Waals surface area contributed by atoms with E-state index in [1.165, 1.54) is 0 Å².